The number of hydrogen-bond donors (Lipinski definition) is 2. The lowest BCUT2D eigenvalue weighted by molar-refractivity contribution is 0.708. The monoisotopic (exact) mass is 349 g/mol. The Hall–Kier alpha value is -2.93. The molecule has 7 heteroatoms. The second-order valence-corrected chi connectivity index (χ2v) is 6.55. The molecule has 134 valence electrons. The molecule has 0 radical (unpaired) electrons. The van der Waals surface area contributed by atoms with Crippen LogP contribution in [0.5, 0.6) is 0 Å². The summed E-state index contributed by atoms with van der Waals surface area (Å²) in [7, 11) is 2.06. The first-order valence-electron chi connectivity index (χ1n) is 8.87. The quantitative estimate of drug-likeness (QED) is 0.744. The van der Waals surface area contributed by atoms with Gasteiger partial charge in [-0.25, -0.2) is 9.67 Å². The van der Waals surface area contributed by atoms with Gasteiger partial charge in [0.2, 0.25) is 5.95 Å². The van der Waals surface area contributed by atoms with Crippen LogP contribution in [0, 0.1) is 0 Å². The van der Waals surface area contributed by atoms with Crippen molar-refractivity contribution in [3.05, 3.63) is 59.5 Å². The van der Waals surface area contributed by atoms with Crippen molar-refractivity contribution in [3.63, 3.8) is 0 Å². The molecule has 1 aliphatic heterocycles. The van der Waals surface area contributed by atoms with Gasteiger partial charge in [-0.2, -0.15) is 10.1 Å². The van der Waals surface area contributed by atoms with Gasteiger partial charge >= 0.3 is 0 Å². The number of rotatable bonds is 4. The Labute approximate surface area is 152 Å². The summed E-state index contributed by atoms with van der Waals surface area (Å²) in [5.74, 6) is 1.29. The number of nitrogens with zero attached hydrogens (tertiary/aromatic N) is 5. The van der Waals surface area contributed by atoms with Crippen molar-refractivity contribution in [1.29, 1.82) is 0 Å². The van der Waals surface area contributed by atoms with Crippen molar-refractivity contribution in [2.75, 3.05) is 30.8 Å². The molecule has 7 nitrogen and oxygen atoms in total. The lowest BCUT2D eigenvalue weighted by atomic mass is 10.1. The first kappa shape index (κ1) is 16.5. The Morgan fingerprint density at radius 1 is 1.15 bits per heavy atom. The zero-order valence-electron chi connectivity index (χ0n) is 14.9. The molecule has 0 saturated carbocycles. The lowest BCUT2D eigenvalue weighted by Crippen LogP contribution is -2.22. The summed E-state index contributed by atoms with van der Waals surface area (Å²) in [6, 6.07) is 10.3. The fraction of sp³-hybridized carbons (Fsp3) is 0.316. The Balaban J connectivity index is 1.56. The molecule has 0 bridgehead atoms. The van der Waals surface area contributed by atoms with Crippen LogP contribution < -0.4 is 16.0 Å². The zero-order valence-corrected chi connectivity index (χ0v) is 14.9. The SMILES string of the molecule is CN(Cc1ccc(-n2cccn2)cc1)c1nc(N)nc2c1CCNCC2. The molecule has 0 atom stereocenters. The van der Waals surface area contributed by atoms with E-state index in [1.165, 1.54) is 11.1 Å². The number of anilines is 2. The molecule has 3 N–H and O–H groups in total. The van der Waals surface area contributed by atoms with Gasteiger partial charge in [0.15, 0.2) is 0 Å². The third kappa shape index (κ3) is 3.39. The van der Waals surface area contributed by atoms with Gasteiger partial charge in [0.25, 0.3) is 0 Å². The van der Waals surface area contributed by atoms with Gasteiger partial charge in [0.05, 0.1) is 11.4 Å². The maximum atomic E-state index is 5.96. The Bertz CT molecular complexity index is 872. The molecule has 0 unspecified atom stereocenters. The van der Waals surface area contributed by atoms with E-state index in [9.17, 15) is 0 Å². The number of aromatic nitrogens is 4. The number of hydrogen-bond acceptors (Lipinski definition) is 6. The van der Waals surface area contributed by atoms with Gasteiger partial charge in [-0.3, -0.25) is 0 Å². The third-order valence-corrected chi connectivity index (χ3v) is 4.67. The summed E-state index contributed by atoms with van der Waals surface area (Å²) < 4.78 is 1.85. The Morgan fingerprint density at radius 2 is 1.96 bits per heavy atom. The molecule has 0 saturated heterocycles. The topological polar surface area (TPSA) is 84.9 Å². The van der Waals surface area contributed by atoms with Crippen LogP contribution in [0.25, 0.3) is 5.69 Å². The number of nitrogens with one attached hydrogen (secondary N) is 1. The van der Waals surface area contributed by atoms with Crippen LogP contribution in [0.1, 0.15) is 16.8 Å². The predicted molar refractivity (Wildman–Crippen MR) is 102 cm³/mol. The largest absolute Gasteiger partial charge is 0.368 e. The molecule has 0 fully saturated rings. The van der Waals surface area contributed by atoms with E-state index in [4.69, 9.17) is 5.73 Å². The number of nitrogens with two attached hydrogens (primary N) is 1. The van der Waals surface area contributed by atoms with Crippen LogP contribution in [0.3, 0.4) is 0 Å². The minimum absolute atomic E-state index is 0.349. The van der Waals surface area contributed by atoms with Crippen LogP contribution in [-0.2, 0) is 19.4 Å². The molecule has 26 heavy (non-hydrogen) atoms. The lowest BCUT2D eigenvalue weighted by Gasteiger charge is -2.22. The van der Waals surface area contributed by atoms with Crippen molar-refractivity contribution in [3.8, 4) is 5.69 Å². The summed E-state index contributed by atoms with van der Waals surface area (Å²) in [5, 5.41) is 7.67. The van der Waals surface area contributed by atoms with Gasteiger partial charge in [-0.05, 0) is 36.7 Å². The highest BCUT2D eigenvalue weighted by molar-refractivity contribution is 5.52. The molecule has 0 amide bonds. The molecule has 0 spiro atoms. The standard InChI is InChI=1S/C19H23N7/c1-25(13-14-3-5-15(6-4-14)26-12-2-9-22-26)18-16-7-10-21-11-8-17(16)23-19(20)24-18/h2-6,9,12,21H,7-8,10-11,13H2,1H3,(H2,20,23,24). The fourth-order valence-electron chi connectivity index (χ4n) is 3.38. The molecular weight excluding hydrogens is 326 g/mol. The van der Waals surface area contributed by atoms with Crippen molar-refractivity contribution in [2.24, 2.45) is 0 Å². The summed E-state index contributed by atoms with van der Waals surface area (Å²) in [6.07, 6.45) is 5.53. The molecule has 1 aliphatic rings. The summed E-state index contributed by atoms with van der Waals surface area (Å²) in [6.45, 7) is 2.64. The number of nitrogen functional groups attached to an aromatic ring is 1. The fourth-order valence-corrected chi connectivity index (χ4v) is 3.38. The average molecular weight is 349 g/mol. The molecule has 3 aromatic rings. The second kappa shape index (κ2) is 7.13. The summed E-state index contributed by atoms with van der Waals surface area (Å²) >= 11 is 0. The molecule has 0 aliphatic carbocycles. The third-order valence-electron chi connectivity index (χ3n) is 4.67. The smallest absolute Gasteiger partial charge is 0.222 e. The predicted octanol–water partition coefficient (Wildman–Crippen LogP) is 1.57. The summed E-state index contributed by atoms with van der Waals surface area (Å²) in [4.78, 5) is 11.1. The maximum absolute atomic E-state index is 5.96. The maximum Gasteiger partial charge on any atom is 0.222 e. The average Bonchev–Trinajstić information content (AvgIpc) is 3.08. The van der Waals surface area contributed by atoms with E-state index in [1.807, 2.05) is 16.9 Å². The van der Waals surface area contributed by atoms with Crippen molar-refractivity contribution in [2.45, 2.75) is 19.4 Å². The molecule has 3 heterocycles. The van der Waals surface area contributed by atoms with E-state index < -0.39 is 0 Å². The zero-order chi connectivity index (χ0) is 17.9. The highest BCUT2D eigenvalue weighted by Gasteiger charge is 2.18. The highest BCUT2D eigenvalue weighted by Crippen LogP contribution is 2.24. The van der Waals surface area contributed by atoms with Crippen LogP contribution >= 0.6 is 0 Å². The van der Waals surface area contributed by atoms with E-state index in [0.29, 0.717) is 5.95 Å². The molecule has 1 aromatic carbocycles. The van der Waals surface area contributed by atoms with Crippen molar-refractivity contribution < 1.29 is 0 Å². The Kier molecular flexibility index (Phi) is 4.53. The van der Waals surface area contributed by atoms with Gasteiger partial charge in [0.1, 0.15) is 5.82 Å². The van der Waals surface area contributed by atoms with E-state index in [2.05, 4.69) is 56.6 Å². The highest BCUT2D eigenvalue weighted by atomic mass is 15.3. The normalized spacial score (nSPS) is 13.9. The first-order valence-corrected chi connectivity index (χ1v) is 8.87. The van der Waals surface area contributed by atoms with Crippen LogP contribution in [-0.4, -0.2) is 39.9 Å². The minimum Gasteiger partial charge on any atom is -0.368 e. The van der Waals surface area contributed by atoms with Crippen LogP contribution in [0.4, 0.5) is 11.8 Å². The van der Waals surface area contributed by atoms with Gasteiger partial charge in [0, 0.05) is 44.5 Å². The van der Waals surface area contributed by atoms with E-state index in [0.717, 1.165) is 49.7 Å². The van der Waals surface area contributed by atoms with Crippen LogP contribution in [0.2, 0.25) is 0 Å². The first-order chi connectivity index (χ1) is 12.7. The van der Waals surface area contributed by atoms with Crippen molar-refractivity contribution >= 4 is 11.8 Å². The van der Waals surface area contributed by atoms with E-state index in [-0.39, 0.29) is 0 Å². The number of fused-ring (bicyclic) bond motifs is 1. The second-order valence-electron chi connectivity index (χ2n) is 6.55. The molecule has 2 aromatic heterocycles. The Morgan fingerprint density at radius 3 is 2.73 bits per heavy atom. The number of benzene rings is 1. The van der Waals surface area contributed by atoms with Gasteiger partial charge in [-0.1, -0.05) is 12.1 Å². The molecular formula is C19H23N7. The summed E-state index contributed by atoms with van der Waals surface area (Å²) in [5.41, 5.74) is 10.5. The van der Waals surface area contributed by atoms with Gasteiger partial charge < -0.3 is 16.0 Å². The van der Waals surface area contributed by atoms with E-state index >= 15 is 0 Å². The van der Waals surface area contributed by atoms with Crippen molar-refractivity contribution in [1.82, 2.24) is 25.1 Å². The molecule has 4 rings (SSSR count). The van der Waals surface area contributed by atoms with Crippen LogP contribution in [0.15, 0.2) is 42.7 Å². The van der Waals surface area contributed by atoms with E-state index in [1.54, 1.807) is 6.20 Å². The minimum atomic E-state index is 0.349. The van der Waals surface area contributed by atoms with Gasteiger partial charge in [-0.15, -0.1) is 0 Å².